The van der Waals surface area contributed by atoms with E-state index in [9.17, 15) is 4.79 Å². The number of carboxylic acids is 1. The number of benzene rings is 1. The Hall–Kier alpha value is -1.39. The van der Waals surface area contributed by atoms with Gasteiger partial charge in [0, 0.05) is 12.6 Å². The molecule has 1 aliphatic heterocycles. The van der Waals surface area contributed by atoms with Gasteiger partial charge in [-0.1, -0.05) is 18.6 Å². The maximum absolute atomic E-state index is 11.0. The van der Waals surface area contributed by atoms with Gasteiger partial charge in [-0.3, -0.25) is 0 Å². The van der Waals surface area contributed by atoms with Crippen LogP contribution >= 0.6 is 0 Å². The minimum atomic E-state index is -0.858. The van der Waals surface area contributed by atoms with Crippen molar-refractivity contribution in [1.82, 2.24) is 9.80 Å². The second-order valence-electron chi connectivity index (χ2n) is 6.16. The second kappa shape index (κ2) is 7.57. The molecule has 1 heterocycles. The van der Waals surface area contributed by atoms with Crippen LogP contribution in [0, 0.1) is 0 Å². The third-order valence-electron chi connectivity index (χ3n) is 4.39. The number of carboxylic acid groups (broad SMARTS) is 1. The highest BCUT2D eigenvalue weighted by Gasteiger charge is 2.18. The molecule has 0 amide bonds. The highest BCUT2D eigenvalue weighted by Crippen LogP contribution is 2.18. The Morgan fingerprint density at radius 3 is 2.95 bits per heavy atom. The number of aromatic carboxylic acids is 1. The number of likely N-dealkylation sites (tertiary alicyclic amines) is 1. The van der Waals surface area contributed by atoms with Crippen molar-refractivity contribution in [3.8, 4) is 0 Å². The topological polar surface area (TPSA) is 43.8 Å². The fourth-order valence-electron chi connectivity index (χ4n) is 3.07. The number of rotatable bonds is 6. The number of hydrogen-bond acceptors (Lipinski definition) is 3. The Morgan fingerprint density at radius 1 is 1.43 bits per heavy atom. The second-order valence-corrected chi connectivity index (χ2v) is 6.16. The van der Waals surface area contributed by atoms with Crippen molar-refractivity contribution in [3.05, 3.63) is 35.4 Å². The quantitative estimate of drug-likeness (QED) is 0.875. The number of piperidine rings is 1. The highest BCUT2D eigenvalue weighted by atomic mass is 16.4. The van der Waals surface area contributed by atoms with E-state index in [4.69, 9.17) is 5.11 Å². The number of carbonyl (C=O) groups is 1. The molecule has 21 heavy (non-hydrogen) atoms. The van der Waals surface area contributed by atoms with E-state index in [1.54, 1.807) is 12.1 Å². The SMILES string of the molecule is CN(CCC1CCCCN1C)Cc1cccc(C(=O)O)c1. The fourth-order valence-corrected chi connectivity index (χ4v) is 3.07. The molecule has 0 saturated carbocycles. The third kappa shape index (κ3) is 4.83. The third-order valence-corrected chi connectivity index (χ3v) is 4.39. The van der Waals surface area contributed by atoms with E-state index < -0.39 is 5.97 Å². The summed E-state index contributed by atoms with van der Waals surface area (Å²) in [5, 5.41) is 9.03. The fraction of sp³-hybridized carbons (Fsp3) is 0.588. The molecule has 0 aromatic heterocycles. The summed E-state index contributed by atoms with van der Waals surface area (Å²) in [7, 11) is 4.33. The average Bonchev–Trinajstić information content (AvgIpc) is 2.46. The summed E-state index contributed by atoms with van der Waals surface area (Å²) in [5.74, 6) is -0.858. The van der Waals surface area contributed by atoms with Crippen LogP contribution in [0.4, 0.5) is 0 Å². The molecular formula is C17H26N2O2. The van der Waals surface area contributed by atoms with Crippen LogP contribution in [0.3, 0.4) is 0 Å². The van der Waals surface area contributed by atoms with Crippen LogP contribution in [-0.2, 0) is 6.54 Å². The lowest BCUT2D eigenvalue weighted by Gasteiger charge is -2.33. The summed E-state index contributed by atoms with van der Waals surface area (Å²) in [4.78, 5) is 15.7. The van der Waals surface area contributed by atoms with Crippen LogP contribution in [0.25, 0.3) is 0 Å². The van der Waals surface area contributed by atoms with Gasteiger partial charge in [0.1, 0.15) is 0 Å². The van der Waals surface area contributed by atoms with Crippen molar-refractivity contribution in [3.63, 3.8) is 0 Å². The van der Waals surface area contributed by atoms with E-state index in [1.807, 2.05) is 12.1 Å². The molecule has 2 rings (SSSR count). The molecule has 1 unspecified atom stereocenters. The standard InChI is InChI=1S/C17H26N2O2/c1-18(11-9-16-8-3-4-10-19(16)2)13-14-6-5-7-15(12-14)17(20)21/h5-7,12,16H,3-4,8-11,13H2,1-2H3,(H,20,21). The van der Waals surface area contributed by atoms with E-state index >= 15 is 0 Å². The average molecular weight is 290 g/mol. The van der Waals surface area contributed by atoms with Gasteiger partial charge < -0.3 is 14.9 Å². The lowest BCUT2D eigenvalue weighted by atomic mass is 10.00. The largest absolute Gasteiger partial charge is 0.478 e. The molecule has 0 bridgehead atoms. The number of nitrogens with zero attached hydrogens (tertiary/aromatic N) is 2. The molecule has 1 fully saturated rings. The van der Waals surface area contributed by atoms with E-state index in [2.05, 4.69) is 23.9 Å². The first-order valence-corrected chi connectivity index (χ1v) is 7.77. The summed E-state index contributed by atoms with van der Waals surface area (Å²) >= 11 is 0. The van der Waals surface area contributed by atoms with Crippen LogP contribution in [0.15, 0.2) is 24.3 Å². The molecule has 0 radical (unpaired) electrons. The normalized spacial score (nSPS) is 19.9. The molecule has 1 N–H and O–H groups in total. The molecule has 4 nitrogen and oxygen atoms in total. The smallest absolute Gasteiger partial charge is 0.335 e. The van der Waals surface area contributed by atoms with Gasteiger partial charge in [0.2, 0.25) is 0 Å². The van der Waals surface area contributed by atoms with E-state index in [-0.39, 0.29) is 0 Å². The monoisotopic (exact) mass is 290 g/mol. The molecule has 1 atom stereocenters. The predicted molar refractivity (Wildman–Crippen MR) is 84.6 cm³/mol. The molecule has 1 aromatic carbocycles. The van der Waals surface area contributed by atoms with E-state index in [0.29, 0.717) is 11.6 Å². The Labute approximate surface area is 127 Å². The zero-order chi connectivity index (χ0) is 15.2. The van der Waals surface area contributed by atoms with Gasteiger partial charge in [0.25, 0.3) is 0 Å². The van der Waals surface area contributed by atoms with Gasteiger partial charge in [0.15, 0.2) is 0 Å². The summed E-state index contributed by atoms with van der Waals surface area (Å²) < 4.78 is 0. The summed E-state index contributed by atoms with van der Waals surface area (Å²) in [5.41, 5.74) is 1.43. The molecule has 116 valence electrons. The van der Waals surface area contributed by atoms with Crippen LogP contribution in [0.5, 0.6) is 0 Å². The molecule has 0 spiro atoms. The maximum atomic E-state index is 11.0. The Kier molecular flexibility index (Phi) is 5.76. The minimum absolute atomic E-state index is 0.368. The number of hydrogen-bond donors (Lipinski definition) is 1. The van der Waals surface area contributed by atoms with Crippen molar-refractivity contribution in [1.29, 1.82) is 0 Å². The molecule has 1 aromatic rings. The van der Waals surface area contributed by atoms with Crippen molar-refractivity contribution in [2.24, 2.45) is 0 Å². The van der Waals surface area contributed by atoms with Gasteiger partial charge in [-0.15, -0.1) is 0 Å². The van der Waals surface area contributed by atoms with Crippen molar-refractivity contribution in [2.45, 2.75) is 38.3 Å². The predicted octanol–water partition coefficient (Wildman–Crippen LogP) is 2.69. The van der Waals surface area contributed by atoms with Crippen LogP contribution in [-0.4, -0.2) is 54.1 Å². The molecule has 4 heteroatoms. The van der Waals surface area contributed by atoms with Gasteiger partial charge in [0.05, 0.1) is 5.56 Å². The summed E-state index contributed by atoms with van der Waals surface area (Å²) in [6.07, 6.45) is 5.16. The summed E-state index contributed by atoms with van der Waals surface area (Å²) in [6, 6.07) is 7.93. The van der Waals surface area contributed by atoms with Crippen molar-refractivity contribution < 1.29 is 9.90 Å². The lowest BCUT2D eigenvalue weighted by Crippen LogP contribution is -2.38. The Morgan fingerprint density at radius 2 is 2.24 bits per heavy atom. The first-order chi connectivity index (χ1) is 10.1. The zero-order valence-corrected chi connectivity index (χ0v) is 13.1. The lowest BCUT2D eigenvalue weighted by molar-refractivity contribution is 0.0696. The molecule has 1 saturated heterocycles. The van der Waals surface area contributed by atoms with Gasteiger partial charge in [-0.2, -0.15) is 0 Å². The van der Waals surface area contributed by atoms with Crippen molar-refractivity contribution >= 4 is 5.97 Å². The Balaban J connectivity index is 1.82. The molecular weight excluding hydrogens is 264 g/mol. The zero-order valence-electron chi connectivity index (χ0n) is 13.1. The van der Waals surface area contributed by atoms with Crippen LogP contribution in [0.2, 0.25) is 0 Å². The van der Waals surface area contributed by atoms with Crippen LogP contribution < -0.4 is 0 Å². The molecule has 1 aliphatic rings. The Bertz CT molecular complexity index is 476. The molecule has 0 aliphatic carbocycles. The first kappa shape index (κ1) is 16.0. The van der Waals surface area contributed by atoms with E-state index in [0.717, 1.165) is 18.7 Å². The highest BCUT2D eigenvalue weighted by molar-refractivity contribution is 5.87. The summed E-state index contributed by atoms with van der Waals surface area (Å²) in [6.45, 7) is 3.07. The van der Waals surface area contributed by atoms with Gasteiger partial charge in [-0.25, -0.2) is 4.79 Å². The van der Waals surface area contributed by atoms with Gasteiger partial charge >= 0.3 is 5.97 Å². The van der Waals surface area contributed by atoms with Gasteiger partial charge in [-0.05, 0) is 64.1 Å². The minimum Gasteiger partial charge on any atom is -0.478 e. The first-order valence-electron chi connectivity index (χ1n) is 7.77. The van der Waals surface area contributed by atoms with Crippen LogP contribution in [0.1, 0.15) is 41.6 Å². The van der Waals surface area contributed by atoms with E-state index in [1.165, 1.54) is 32.2 Å². The maximum Gasteiger partial charge on any atom is 0.335 e. The van der Waals surface area contributed by atoms with Crippen molar-refractivity contribution in [2.75, 3.05) is 27.2 Å².